The normalized spacial score (nSPS) is 15.8. The van der Waals surface area contributed by atoms with Crippen LogP contribution < -0.4 is 9.64 Å². The number of benzene rings is 2. The highest BCUT2D eigenvalue weighted by Gasteiger charge is 2.19. The molecule has 0 bridgehead atoms. The van der Waals surface area contributed by atoms with E-state index in [1.165, 1.54) is 16.8 Å². The lowest BCUT2D eigenvalue weighted by molar-refractivity contribution is 0.248. The lowest BCUT2D eigenvalue weighted by Gasteiger charge is -2.36. The predicted molar refractivity (Wildman–Crippen MR) is 91.7 cm³/mol. The molecule has 0 saturated carbocycles. The number of aryl methyl sites for hydroxylation is 1. The van der Waals surface area contributed by atoms with E-state index in [4.69, 9.17) is 4.74 Å². The second-order valence-corrected chi connectivity index (χ2v) is 5.86. The Morgan fingerprint density at radius 3 is 2.32 bits per heavy atom. The van der Waals surface area contributed by atoms with E-state index in [2.05, 4.69) is 53.1 Å². The third-order valence-electron chi connectivity index (χ3n) is 4.45. The molecular formula is C19H24N2O. The van der Waals surface area contributed by atoms with Crippen molar-refractivity contribution in [3.8, 4) is 5.75 Å². The van der Waals surface area contributed by atoms with E-state index in [1.54, 1.807) is 7.11 Å². The summed E-state index contributed by atoms with van der Waals surface area (Å²) in [7, 11) is 1.74. The van der Waals surface area contributed by atoms with Crippen LogP contribution in [0.1, 0.15) is 11.1 Å². The highest BCUT2D eigenvalue weighted by Crippen LogP contribution is 2.28. The Hall–Kier alpha value is -2.00. The molecule has 116 valence electrons. The number of para-hydroxylation sites is 2. The van der Waals surface area contributed by atoms with E-state index < -0.39 is 0 Å². The minimum absolute atomic E-state index is 0.967. The summed E-state index contributed by atoms with van der Waals surface area (Å²) in [5.41, 5.74) is 4.03. The molecule has 1 aliphatic heterocycles. The van der Waals surface area contributed by atoms with Gasteiger partial charge in [0.1, 0.15) is 5.75 Å². The first kappa shape index (κ1) is 14.9. The Bertz CT molecular complexity index is 618. The van der Waals surface area contributed by atoms with Gasteiger partial charge in [-0.3, -0.25) is 4.90 Å². The number of nitrogens with zero attached hydrogens (tertiary/aromatic N) is 2. The summed E-state index contributed by atoms with van der Waals surface area (Å²) in [6.07, 6.45) is 0. The zero-order chi connectivity index (χ0) is 15.4. The molecule has 0 N–H and O–H groups in total. The van der Waals surface area contributed by atoms with E-state index in [9.17, 15) is 0 Å². The minimum Gasteiger partial charge on any atom is -0.495 e. The SMILES string of the molecule is COc1ccccc1N1CCN(Cc2ccccc2C)CC1. The van der Waals surface area contributed by atoms with Crippen LogP contribution in [-0.4, -0.2) is 38.2 Å². The molecule has 0 atom stereocenters. The van der Waals surface area contributed by atoms with Gasteiger partial charge in [-0.15, -0.1) is 0 Å². The van der Waals surface area contributed by atoms with Gasteiger partial charge < -0.3 is 9.64 Å². The topological polar surface area (TPSA) is 15.7 Å². The van der Waals surface area contributed by atoms with E-state index in [0.717, 1.165) is 38.5 Å². The first-order chi connectivity index (χ1) is 10.8. The molecule has 1 saturated heterocycles. The maximum Gasteiger partial charge on any atom is 0.142 e. The van der Waals surface area contributed by atoms with Crippen molar-refractivity contribution in [2.24, 2.45) is 0 Å². The van der Waals surface area contributed by atoms with Crippen molar-refractivity contribution in [1.29, 1.82) is 0 Å². The van der Waals surface area contributed by atoms with Crippen LogP contribution in [0.15, 0.2) is 48.5 Å². The van der Waals surface area contributed by atoms with Crippen LogP contribution in [0.3, 0.4) is 0 Å². The van der Waals surface area contributed by atoms with Crippen LogP contribution in [-0.2, 0) is 6.54 Å². The first-order valence-corrected chi connectivity index (χ1v) is 7.93. The minimum atomic E-state index is 0.967. The van der Waals surface area contributed by atoms with Gasteiger partial charge in [-0.1, -0.05) is 36.4 Å². The summed E-state index contributed by atoms with van der Waals surface area (Å²) in [6, 6.07) is 17.0. The first-order valence-electron chi connectivity index (χ1n) is 7.93. The molecule has 0 aliphatic carbocycles. The summed E-state index contributed by atoms with van der Waals surface area (Å²) in [4.78, 5) is 4.96. The van der Waals surface area contributed by atoms with Gasteiger partial charge in [-0.05, 0) is 30.2 Å². The molecule has 3 rings (SSSR count). The van der Waals surface area contributed by atoms with Gasteiger partial charge in [0.25, 0.3) is 0 Å². The van der Waals surface area contributed by atoms with Gasteiger partial charge in [-0.2, -0.15) is 0 Å². The zero-order valence-corrected chi connectivity index (χ0v) is 13.5. The molecule has 3 nitrogen and oxygen atoms in total. The number of anilines is 1. The van der Waals surface area contributed by atoms with Crippen LogP contribution in [0.25, 0.3) is 0 Å². The molecule has 2 aromatic carbocycles. The summed E-state index contributed by atoms with van der Waals surface area (Å²) in [6.45, 7) is 7.52. The Morgan fingerprint density at radius 2 is 1.59 bits per heavy atom. The number of rotatable bonds is 4. The van der Waals surface area contributed by atoms with Crippen molar-refractivity contribution >= 4 is 5.69 Å². The standard InChI is InChI=1S/C19H24N2O/c1-16-7-3-4-8-17(16)15-20-11-13-21(14-12-20)18-9-5-6-10-19(18)22-2/h3-10H,11-15H2,1-2H3. The highest BCUT2D eigenvalue weighted by molar-refractivity contribution is 5.58. The molecule has 0 spiro atoms. The number of piperazine rings is 1. The van der Waals surface area contributed by atoms with Gasteiger partial charge in [0, 0.05) is 32.7 Å². The molecule has 1 fully saturated rings. The molecule has 2 aromatic rings. The fraction of sp³-hybridized carbons (Fsp3) is 0.368. The Kier molecular flexibility index (Phi) is 4.64. The summed E-state index contributed by atoms with van der Waals surface area (Å²) in [5, 5.41) is 0. The average molecular weight is 296 g/mol. The molecule has 1 aliphatic rings. The predicted octanol–water partition coefficient (Wildman–Crippen LogP) is 3.33. The van der Waals surface area contributed by atoms with Crippen molar-refractivity contribution in [2.45, 2.75) is 13.5 Å². The molecular weight excluding hydrogens is 272 g/mol. The van der Waals surface area contributed by atoms with Crippen molar-refractivity contribution in [3.05, 3.63) is 59.7 Å². The maximum atomic E-state index is 5.48. The fourth-order valence-corrected chi connectivity index (χ4v) is 3.07. The van der Waals surface area contributed by atoms with Gasteiger partial charge in [-0.25, -0.2) is 0 Å². The molecule has 22 heavy (non-hydrogen) atoms. The second kappa shape index (κ2) is 6.84. The summed E-state index contributed by atoms with van der Waals surface area (Å²) >= 11 is 0. The number of ether oxygens (including phenoxy) is 1. The van der Waals surface area contributed by atoms with E-state index >= 15 is 0 Å². The second-order valence-electron chi connectivity index (χ2n) is 5.86. The molecule has 3 heteroatoms. The Balaban J connectivity index is 1.62. The number of methoxy groups -OCH3 is 1. The van der Waals surface area contributed by atoms with Crippen molar-refractivity contribution in [2.75, 3.05) is 38.2 Å². The van der Waals surface area contributed by atoms with E-state index in [1.807, 2.05) is 12.1 Å². The van der Waals surface area contributed by atoms with Crippen molar-refractivity contribution in [3.63, 3.8) is 0 Å². The van der Waals surface area contributed by atoms with Gasteiger partial charge in [0.2, 0.25) is 0 Å². The van der Waals surface area contributed by atoms with Gasteiger partial charge >= 0.3 is 0 Å². The smallest absolute Gasteiger partial charge is 0.142 e. The summed E-state index contributed by atoms with van der Waals surface area (Å²) < 4.78 is 5.48. The quantitative estimate of drug-likeness (QED) is 0.861. The van der Waals surface area contributed by atoms with Crippen LogP contribution in [0.5, 0.6) is 5.75 Å². The Labute approximate surface area is 133 Å². The zero-order valence-electron chi connectivity index (χ0n) is 13.5. The average Bonchev–Trinajstić information content (AvgIpc) is 2.58. The Morgan fingerprint density at radius 1 is 0.909 bits per heavy atom. The lowest BCUT2D eigenvalue weighted by Crippen LogP contribution is -2.46. The number of hydrogen-bond donors (Lipinski definition) is 0. The van der Waals surface area contributed by atoms with E-state index in [0.29, 0.717) is 0 Å². The third-order valence-corrected chi connectivity index (χ3v) is 4.45. The lowest BCUT2D eigenvalue weighted by atomic mass is 10.1. The van der Waals surface area contributed by atoms with Crippen molar-refractivity contribution < 1.29 is 4.74 Å². The number of hydrogen-bond acceptors (Lipinski definition) is 3. The molecule has 0 radical (unpaired) electrons. The van der Waals surface area contributed by atoms with E-state index in [-0.39, 0.29) is 0 Å². The largest absolute Gasteiger partial charge is 0.495 e. The van der Waals surface area contributed by atoms with Crippen LogP contribution in [0.4, 0.5) is 5.69 Å². The molecule has 0 unspecified atom stereocenters. The summed E-state index contributed by atoms with van der Waals surface area (Å²) in [5.74, 6) is 0.967. The molecule has 0 aromatic heterocycles. The fourth-order valence-electron chi connectivity index (χ4n) is 3.07. The van der Waals surface area contributed by atoms with Crippen LogP contribution in [0.2, 0.25) is 0 Å². The maximum absolute atomic E-state index is 5.48. The van der Waals surface area contributed by atoms with Crippen LogP contribution in [0, 0.1) is 6.92 Å². The van der Waals surface area contributed by atoms with Crippen LogP contribution >= 0.6 is 0 Å². The van der Waals surface area contributed by atoms with Crippen molar-refractivity contribution in [1.82, 2.24) is 4.90 Å². The molecule has 0 amide bonds. The molecule has 1 heterocycles. The third kappa shape index (κ3) is 3.25. The highest BCUT2D eigenvalue weighted by atomic mass is 16.5. The van der Waals surface area contributed by atoms with Gasteiger partial charge in [0.15, 0.2) is 0 Å². The monoisotopic (exact) mass is 296 g/mol. The van der Waals surface area contributed by atoms with Gasteiger partial charge in [0.05, 0.1) is 12.8 Å².